The van der Waals surface area contributed by atoms with Crippen LogP contribution in [0.2, 0.25) is 5.02 Å². The average Bonchev–Trinajstić information content (AvgIpc) is 2.79. The molecule has 2 unspecified atom stereocenters. The number of amides is 2. The average molecular weight is 511 g/mol. The summed E-state index contributed by atoms with van der Waals surface area (Å²) in [7, 11) is 0. The van der Waals surface area contributed by atoms with Gasteiger partial charge in [0.25, 0.3) is 5.91 Å². The van der Waals surface area contributed by atoms with Crippen LogP contribution in [-0.4, -0.2) is 86.0 Å². The normalized spacial score (nSPS) is 21.5. The molecule has 9 nitrogen and oxygen atoms in total. The van der Waals surface area contributed by atoms with Crippen molar-refractivity contribution in [1.29, 1.82) is 0 Å². The topological polar surface area (TPSA) is 106 Å². The fourth-order valence-electron chi connectivity index (χ4n) is 4.46. The third-order valence-electron chi connectivity index (χ3n) is 6.04. The fraction of sp³-hybridized carbons (Fsp3) is 0.680. The Morgan fingerprint density at radius 1 is 1.26 bits per heavy atom. The Morgan fingerprint density at radius 2 is 2.03 bits per heavy atom. The van der Waals surface area contributed by atoms with E-state index >= 15 is 0 Å². The predicted molar refractivity (Wildman–Crippen MR) is 136 cm³/mol. The van der Waals surface area contributed by atoms with Gasteiger partial charge in [-0.1, -0.05) is 11.6 Å². The number of likely N-dealkylation sites (tertiary alicyclic amines) is 1. The molecule has 35 heavy (non-hydrogen) atoms. The Bertz CT molecular complexity index is 891. The molecule has 2 heterocycles. The maximum absolute atomic E-state index is 12.8. The van der Waals surface area contributed by atoms with E-state index in [0.717, 1.165) is 32.5 Å². The number of rotatable bonds is 7. The number of halogens is 1. The highest BCUT2D eigenvalue weighted by Crippen LogP contribution is 2.29. The van der Waals surface area contributed by atoms with E-state index in [1.165, 1.54) is 6.07 Å². The van der Waals surface area contributed by atoms with Crippen LogP contribution >= 0.6 is 11.6 Å². The van der Waals surface area contributed by atoms with E-state index in [0.29, 0.717) is 60.8 Å². The Kier molecular flexibility index (Phi) is 9.49. The van der Waals surface area contributed by atoms with Gasteiger partial charge >= 0.3 is 6.09 Å². The summed E-state index contributed by atoms with van der Waals surface area (Å²) in [4.78, 5) is 29.5. The van der Waals surface area contributed by atoms with Gasteiger partial charge in [-0.2, -0.15) is 0 Å². The summed E-state index contributed by atoms with van der Waals surface area (Å²) >= 11 is 6.13. The van der Waals surface area contributed by atoms with Crippen molar-refractivity contribution in [2.45, 2.75) is 52.2 Å². The molecule has 0 aliphatic carbocycles. The van der Waals surface area contributed by atoms with Crippen LogP contribution < -0.4 is 15.8 Å². The second kappa shape index (κ2) is 12.1. The summed E-state index contributed by atoms with van der Waals surface area (Å²) in [6.07, 6.45) is 1.69. The molecule has 0 bridgehead atoms. The molecular weight excluding hydrogens is 472 g/mol. The van der Waals surface area contributed by atoms with Crippen molar-refractivity contribution in [2.24, 2.45) is 5.92 Å². The van der Waals surface area contributed by atoms with Gasteiger partial charge in [0.1, 0.15) is 11.4 Å². The Labute approximate surface area is 213 Å². The molecule has 0 spiro atoms. The number of nitrogens with two attached hydrogens (primary N) is 1. The molecule has 2 saturated heterocycles. The second-order valence-electron chi connectivity index (χ2n) is 10.2. The number of hydrogen-bond acceptors (Lipinski definition) is 7. The fourth-order valence-corrected chi connectivity index (χ4v) is 4.63. The van der Waals surface area contributed by atoms with Gasteiger partial charge in [-0.15, -0.1) is 0 Å². The Morgan fingerprint density at radius 3 is 2.74 bits per heavy atom. The van der Waals surface area contributed by atoms with Gasteiger partial charge in [0.2, 0.25) is 0 Å². The van der Waals surface area contributed by atoms with E-state index in [-0.39, 0.29) is 18.1 Å². The summed E-state index contributed by atoms with van der Waals surface area (Å²) in [5.41, 5.74) is 6.08. The number of nitrogens with zero attached hydrogens (tertiary/aromatic N) is 2. The van der Waals surface area contributed by atoms with Gasteiger partial charge in [0.05, 0.1) is 35.6 Å². The van der Waals surface area contributed by atoms with E-state index in [9.17, 15) is 9.59 Å². The zero-order valence-electron chi connectivity index (χ0n) is 21.3. The van der Waals surface area contributed by atoms with Crippen molar-refractivity contribution in [1.82, 2.24) is 15.1 Å². The highest BCUT2D eigenvalue weighted by Gasteiger charge is 2.30. The number of morpholine rings is 1. The molecule has 2 amide bonds. The molecule has 10 heteroatoms. The van der Waals surface area contributed by atoms with Gasteiger partial charge in [0, 0.05) is 45.3 Å². The predicted octanol–water partition coefficient (Wildman–Crippen LogP) is 3.40. The van der Waals surface area contributed by atoms with Crippen LogP contribution in [0.5, 0.6) is 5.75 Å². The van der Waals surface area contributed by atoms with Crippen LogP contribution in [0.25, 0.3) is 0 Å². The lowest BCUT2D eigenvalue weighted by atomic mass is 9.97. The molecule has 3 N–H and O–H groups in total. The summed E-state index contributed by atoms with van der Waals surface area (Å²) in [5, 5.41) is 3.25. The summed E-state index contributed by atoms with van der Waals surface area (Å²) in [6, 6.07) is 3.11. The van der Waals surface area contributed by atoms with Gasteiger partial charge in [-0.25, -0.2) is 4.79 Å². The lowest BCUT2D eigenvalue weighted by Crippen LogP contribution is -2.51. The first-order valence-electron chi connectivity index (χ1n) is 12.4. The minimum atomic E-state index is -0.493. The summed E-state index contributed by atoms with van der Waals surface area (Å²) in [5.74, 6) is 0.511. The summed E-state index contributed by atoms with van der Waals surface area (Å²) < 4.78 is 17.0. The van der Waals surface area contributed by atoms with E-state index < -0.39 is 5.60 Å². The van der Waals surface area contributed by atoms with Gasteiger partial charge in [-0.05, 0) is 52.5 Å². The number of nitrogen functional groups attached to an aromatic ring is 1. The van der Waals surface area contributed by atoms with Crippen LogP contribution in [0, 0.1) is 5.92 Å². The maximum Gasteiger partial charge on any atom is 0.410 e. The molecule has 2 atom stereocenters. The molecular formula is C25H39ClN4O5. The lowest BCUT2D eigenvalue weighted by molar-refractivity contribution is -0.0355. The Hall–Kier alpha value is -2.23. The van der Waals surface area contributed by atoms with Crippen molar-refractivity contribution < 1.29 is 23.8 Å². The van der Waals surface area contributed by atoms with Crippen molar-refractivity contribution in [3.63, 3.8) is 0 Å². The number of hydrogen-bond donors (Lipinski definition) is 2. The zero-order valence-corrected chi connectivity index (χ0v) is 22.0. The first kappa shape index (κ1) is 27.4. The third-order valence-corrected chi connectivity index (χ3v) is 6.37. The first-order chi connectivity index (χ1) is 16.6. The van der Waals surface area contributed by atoms with Gasteiger partial charge in [-0.3, -0.25) is 9.69 Å². The van der Waals surface area contributed by atoms with Crippen molar-refractivity contribution >= 4 is 29.3 Å². The number of piperidine rings is 1. The molecule has 196 valence electrons. The van der Waals surface area contributed by atoms with E-state index in [4.69, 9.17) is 31.5 Å². The van der Waals surface area contributed by atoms with Crippen LogP contribution in [0.15, 0.2) is 12.1 Å². The lowest BCUT2D eigenvalue weighted by Gasteiger charge is -2.39. The second-order valence-corrected chi connectivity index (χ2v) is 10.6. The molecule has 0 radical (unpaired) electrons. The zero-order chi connectivity index (χ0) is 25.6. The quantitative estimate of drug-likeness (QED) is 0.541. The van der Waals surface area contributed by atoms with Crippen molar-refractivity contribution in [3.05, 3.63) is 22.7 Å². The molecule has 3 rings (SSSR count). The van der Waals surface area contributed by atoms with Crippen molar-refractivity contribution in [3.8, 4) is 5.75 Å². The monoisotopic (exact) mass is 510 g/mol. The van der Waals surface area contributed by atoms with Gasteiger partial charge in [0.15, 0.2) is 0 Å². The maximum atomic E-state index is 12.8. The van der Waals surface area contributed by atoms with E-state index in [1.54, 1.807) is 6.07 Å². The minimum Gasteiger partial charge on any atom is -0.493 e. The number of carbonyl (C=O) groups excluding carboxylic acids is 2. The summed E-state index contributed by atoms with van der Waals surface area (Å²) in [6.45, 7) is 12.8. The Balaban J connectivity index is 1.50. The first-order valence-corrected chi connectivity index (χ1v) is 12.8. The van der Waals surface area contributed by atoms with E-state index in [2.05, 4.69) is 10.2 Å². The smallest absolute Gasteiger partial charge is 0.410 e. The molecule has 2 fully saturated rings. The van der Waals surface area contributed by atoms with Gasteiger partial charge < -0.3 is 30.2 Å². The van der Waals surface area contributed by atoms with Crippen LogP contribution in [0.3, 0.4) is 0 Å². The number of nitrogens with one attached hydrogen (secondary N) is 1. The standard InChI is InChI=1S/C25H39ClN4O5/c1-5-33-22-12-21(27)20(26)11-19(22)23(31)28-13-18-16-29(9-10-34-18)14-17-7-6-8-30(15-17)24(32)35-25(2,3)4/h11-12,17-18H,5-10,13-16,27H2,1-4H3,(H,28,31). The van der Waals surface area contributed by atoms with E-state index in [1.807, 2.05) is 32.6 Å². The van der Waals surface area contributed by atoms with Crippen LogP contribution in [0.4, 0.5) is 10.5 Å². The SMILES string of the molecule is CCOc1cc(N)c(Cl)cc1C(=O)NCC1CN(CC2CCCN(C(=O)OC(C)(C)C)C2)CCO1. The van der Waals surface area contributed by atoms with Crippen molar-refractivity contribution in [2.75, 3.05) is 58.2 Å². The number of benzene rings is 1. The molecule has 1 aromatic carbocycles. The molecule has 2 aliphatic rings. The largest absolute Gasteiger partial charge is 0.493 e. The number of ether oxygens (including phenoxy) is 3. The molecule has 0 saturated carbocycles. The molecule has 0 aromatic heterocycles. The highest BCUT2D eigenvalue weighted by atomic mass is 35.5. The number of anilines is 1. The highest BCUT2D eigenvalue weighted by molar-refractivity contribution is 6.33. The molecule has 2 aliphatic heterocycles. The molecule has 1 aromatic rings. The van der Waals surface area contributed by atoms with Crippen LogP contribution in [-0.2, 0) is 9.47 Å². The number of carbonyl (C=O) groups is 2. The minimum absolute atomic E-state index is 0.127. The van der Waals surface area contributed by atoms with Crippen LogP contribution in [0.1, 0.15) is 50.9 Å². The third kappa shape index (κ3) is 8.15.